The molecule has 0 spiro atoms. The fourth-order valence-corrected chi connectivity index (χ4v) is 5.04. The lowest BCUT2D eigenvalue weighted by molar-refractivity contribution is -0.134. The third-order valence-electron chi connectivity index (χ3n) is 6.23. The molecule has 0 radical (unpaired) electrons. The average Bonchev–Trinajstić information content (AvgIpc) is 2.69. The highest BCUT2D eigenvalue weighted by atomic mass is 19.1. The SMILES string of the molecule is CNC(=O)C[C@@]12C[C@H](C)C[C@@H](C1)N2C(=O)Nc1ccc(C)c(-c2ncc(F)cn2)c1. The molecule has 1 saturated heterocycles. The monoisotopic (exact) mass is 411 g/mol. The number of aryl methyl sites for hydroxylation is 1. The minimum Gasteiger partial charge on any atom is -0.359 e. The Labute approximate surface area is 175 Å². The van der Waals surface area contributed by atoms with Crippen molar-refractivity contribution in [3.63, 3.8) is 0 Å². The summed E-state index contributed by atoms with van der Waals surface area (Å²) in [7, 11) is 1.62. The molecule has 0 unspecified atom stereocenters. The van der Waals surface area contributed by atoms with Crippen molar-refractivity contribution >= 4 is 17.6 Å². The Morgan fingerprint density at radius 3 is 2.70 bits per heavy atom. The summed E-state index contributed by atoms with van der Waals surface area (Å²) in [4.78, 5) is 35.2. The summed E-state index contributed by atoms with van der Waals surface area (Å²) in [6, 6.07) is 5.45. The van der Waals surface area contributed by atoms with Crippen LogP contribution >= 0.6 is 0 Å². The molecule has 2 aromatic rings. The van der Waals surface area contributed by atoms with Crippen LogP contribution in [-0.4, -0.2) is 45.4 Å². The Bertz CT molecular complexity index is 980. The number of carbonyl (C=O) groups excluding carboxylic acids is 2. The van der Waals surface area contributed by atoms with Gasteiger partial charge in [-0.2, -0.15) is 0 Å². The van der Waals surface area contributed by atoms with E-state index >= 15 is 0 Å². The first kappa shape index (κ1) is 20.3. The van der Waals surface area contributed by atoms with Crippen molar-refractivity contribution in [2.45, 2.75) is 51.1 Å². The molecule has 2 N–H and O–H groups in total. The first-order valence-electron chi connectivity index (χ1n) is 10.2. The number of urea groups is 1. The standard InChI is InChI=1S/C22H26FN5O2/c1-13-6-17-9-22(8-13,10-19(29)24-3)28(17)21(30)27-16-5-4-14(2)18(7-16)20-25-11-15(23)12-26-20/h4-5,7,11-13,17H,6,8-10H2,1-3H3,(H,24,29)(H,27,30)/t13-,17+,22-/m1/s1. The van der Waals surface area contributed by atoms with Crippen molar-refractivity contribution in [2.75, 3.05) is 12.4 Å². The zero-order valence-electron chi connectivity index (χ0n) is 17.4. The van der Waals surface area contributed by atoms with E-state index in [1.54, 1.807) is 13.1 Å². The first-order valence-corrected chi connectivity index (χ1v) is 10.2. The summed E-state index contributed by atoms with van der Waals surface area (Å²) in [6.07, 6.45) is 5.20. The lowest BCUT2D eigenvalue weighted by atomic mass is 9.63. The summed E-state index contributed by atoms with van der Waals surface area (Å²) in [6.45, 7) is 4.09. The van der Waals surface area contributed by atoms with E-state index in [1.807, 2.05) is 24.0 Å². The number of nitrogens with one attached hydrogen (secondary N) is 2. The molecule has 158 valence electrons. The number of nitrogens with zero attached hydrogens (tertiary/aromatic N) is 3. The average molecular weight is 411 g/mol. The van der Waals surface area contributed by atoms with Gasteiger partial charge in [0.2, 0.25) is 5.91 Å². The minimum atomic E-state index is -0.499. The van der Waals surface area contributed by atoms with Crippen molar-refractivity contribution in [2.24, 2.45) is 5.92 Å². The van der Waals surface area contributed by atoms with Crippen LogP contribution in [0.25, 0.3) is 11.4 Å². The quantitative estimate of drug-likeness (QED) is 0.806. The van der Waals surface area contributed by atoms with Crippen LogP contribution in [0.4, 0.5) is 14.9 Å². The minimum absolute atomic E-state index is 0.0496. The second-order valence-electron chi connectivity index (χ2n) is 8.53. The zero-order valence-corrected chi connectivity index (χ0v) is 17.4. The smallest absolute Gasteiger partial charge is 0.322 e. The van der Waals surface area contributed by atoms with Gasteiger partial charge in [-0.05, 0) is 49.8 Å². The number of amides is 3. The lowest BCUT2D eigenvalue weighted by Gasteiger charge is -2.63. The fraction of sp³-hybridized carbons (Fsp3) is 0.455. The molecule has 3 amide bonds. The van der Waals surface area contributed by atoms with Gasteiger partial charge >= 0.3 is 6.03 Å². The van der Waals surface area contributed by atoms with E-state index < -0.39 is 11.4 Å². The van der Waals surface area contributed by atoms with Crippen molar-refractivity contribution in [3.05, 3.63) is 42.0 Å². The van der Waals surface area contributed by atoms with Gasteiger partial charge in [0.1, 0.15) is 0 Å². The molecule has 1 aliphatic heterocycles. The molecule has 8 heteroatoms. The molecule has 30 heavy (non-hydrogen) atoms. The van der Waals surface area contributed by atoms with Crippen LogP contribution < -0.4 is 10.6 Å². The second-order valence-corrected chi connectivity index (χ2v) is 8.53. The Hall–Kier alpha value is -3.03. The second kappa shape index (κ2) is 7.66. The number of aromatic nitrogens is 2. The molecule has 2 heterocycles. The van der Waals surface area contributed by atoms with Gasteiger partial charge in [-0.15, -0.1) is 0 Å². The molecule has 4 rings (SSSR count). The van der Waals surface area contributed by atoms with Gasteiger partial charge < -0.3 is 15.5 Å². The van der Waals surface area contributed by atoms with Gasteiger partial charge in [0.25, 0.3) is 0 Å². The van der Waals surface area contributed by atoms with E-state index in [0.717, 1.165) is 42.8 Å². The van der Waals surface area contributed by atoms with Crippen LogP contribution in [0.1, 0.15) is 38.2 Å². The van der Waals surface area contributed by atoms with Crippen molar-refractivity contribution < 1.29 is 14.0 Å². The van der Waals surface area contributed by atoms with Crippen LogP contribution in [0.5, 0.6) is 0 Å². The van der Waals surface area contributed by atoms with Crippen LogP contribution in [0, 0.1) is 18.7 Å². The van der Waals surface area contributed by atoms with Gasteiger partial charge in [0.15, 0.2) is 11.6 Å². The largest absolute Gasteiger partial charge is 0.359 e. The molecule has 7 nitrogen and oxygen atoms in total. The van der Waals surface area contributed by atoms with Crippen molar-refractivity contribution in [1.82, 2.24) is 20.2 Å². The van der Waals surface area contributed by atoms with Gasteiger partial charge in [-0.3, -0.25) is 4.79 Å². The number of piperidine rings is 1. The Balaban J connectivity index is 1.56. The number of halogens is 1. The highest BCUT2D eigenvalue weighted by Crippen LogP contribution is 2.51. The molecule has 2 fully saturated rings. The maximum absolute atomic E-state index is 13.2. The maximum Gasteiger partial charge on any atom is 0.322 e. The number of carbonyl (C=O) groups is 2. The lowest BCUT2D eigenvalue weighted by Crippen LogP contribution is -2.73. The van der Waals surface area contributed by atoms with Gasteiger partial charge in [0, 0.05) is 24.3 Å². The predicted octanol–water partition coefficient (Wildman–Crippen LogP) is 3.50. The van der Waals surface area contributed by atoms with Crippen molar-refractivity contribution in [3.8, 4) is 11.4 Å². The Morgan fingerprint density at radius 1 is 1.27 bits per heavy atom. The molecule has 1 saturated carbocycles. The molecular weight excluding hydrogens is 385 g/mol. The maximum atomic E-state index is 13.2. The van der Waals surface area contributed by atoms with Crippen molar-refractivity contribution in [1.29, 1.82) is 0 Å². The molecule has 1 aromatic heterocycles. The van der Waals surface area contributed by atoms with E-state index in [1.165, 1.54) is 0 Å². The van der Waals surface area contributed by atoms with Crippen LogP contribution in [0.15, 0.2) is 30.6 Å². The van der Waals surface area contributed by atoms with Gasteiger partial charge in [-0.25, -0.2) is 19.2 Å². The third kappa shape index (κ3) is 3.62. The van der Waals surface area contributed by atoms with E-state index in [9.17, 15) is 14.0 Å². The Kier molecular flexibility index (Phi) is 5.17. The molecule has 1 aromatic carbocycles. The van der Waals surface area contributed by atoms with Gasteiger partial charge in [0.05, 0.1) is 24.4 Å². The van der Waals surface area contributed by atoms with E-state index in [2.05, 4.69) is 27.5 Å². The highest BCUT2D eigenvalue weighted by Gasteiger charge is 2.58. The van der Waals surface area contributed by atoms with Gasteiger partial charge in [-0.1, -0.05) is 13.0 Å². The number of rotatable bonds is 4. The molecular formula is C22H26FN5O2. The number of hydrogen-bond donors (Lipinski definition) is 2. The summed E-state index contributed by atoms with van der Waals surface area (Å²) < 4.78 is 13.2. The number of benzene rings is 1. The molecule has 3 atom stereocenters. The number of hydrogen-bond acceptors (Lipinski definition) is 4. The molecule has 2 aliphatic rings. The van der Waals surface area contributed by atoms with E-state index in [4.69, 9.17) is 0 Å². The molecule has 2 bridgehead atoms. The normalized spacial score (nSPS) is 24.7. The third-order valence-corrected chi connectivity index (χ3v) is 6.23. The first-order chi connectivity index (χ1) is 14.3. The summed E-state index contributed by atoms with van der Waals surface area (Å²) in [5.74, 6) is 0.335. The number of fused-ring (bicyclic) bond motifs is 2. The Morgan fingerprint density at radius 2 is 2.00 bits per heavy atom. The van der Waals surface area contributed by atoms with Crippen LogP contribution in [-0.2, 0) is 4.79 Å². The topological polar surface area (TPSA) is 87.2 Å². The zero-order chi connectivity index (χ0) is 21.5. The predicted molar refractivity (Wildman–Crippen MR) is 111 cm³/mol. The summed E-state index contributed by atoms with van der Waals surface area (Å²) in [5, 5.41) is 5.66. The molecule has 1 aliphatic carbocycles. The highest BCUT2D eigenvalue weighted by molar-refractivity contribution is 5.92. The fourth-order valence-electron chi connectivity index (χ4n) is 5.04. The summed E-state index contributed by atoms with van der Waals surface area (Å²) in [5.41, 5.74) is 1.84. The van der Waals surface area contributed by atoms with Crippen LogP contribution in [0.3, 0.4) is 0 Å². The van der Waals surface area contributed by atoms with Crippen LogP contribution in [0.2, 0.25) is 0 Å². The summed E-state index contributed by atoms with van der Waals surface area (Å²) >= 11 is 0. The van der Waals surface area contributed by atoms with E-state index in [-0.39, 0.29) is 18.0 Å². The number of likely N-dealkylation sites (tertiary alicyclic amines) is 1. The number of anilines is 1. The van der Waals surface area contributed by atoms with E-state index in [0.29, 0.717) is 23.9 Å².